The lowest BCUT2D eigenvalue weighted by atomic mass is 10.1. The van der Waals surface area contributed by atoms with Gasteiger partial charge < -0.3 is 5.32 Å². The molecular weight excluding hydrogens is 301 g/mol. The minimum Gasteiger partial charge on any atom is -0.308 e. The highest BCUT2D eigenvalue weighted by Gasteiger charge is 2.29. The van der Waals surface area contributed by atoms with Crippen LogP contribution in [0, 0.1) is 29.1 Å². The molecule has 0 unspecified atom stereocenters. The van der Waals surface area contributed by atoms with Crippen LogP contribution in [0.25, 0.3) is 0 Å². The van der Waals surface area contributed by atoms with E-state index in [9.17, 15) is 31.5 Å². The fraction of sp³-hybridized carbons (Fsp3) is 0. The summed E-state index contributed by atoms with van der Waals surface area (Å²) in [5.41, 5.74) is -2.55. The average molecular weight is 305 g/mol. The van der Waals surface area contributed by atoms with Gasteiger partial charge in [-0.05, 0) is 6.07 Å². The lowest BCUT2D eigenvalue weighted by Crippen LogP contribution is -2.21. The molecule has 1 amide bonds. The van der Waals surface area contributed by atoms with Crippen molar-refractivity contribution in [3.8, 4) is 0 Å². The summed E-state index contributed by atoms with van der Waals surface area (Å²) in [5.74, 6) is -13.4. The van der Waals surface area contributed by atoms with Gasteiger partial charge in [0, 0.05) is 6.20 Å². The van der Waals surface area contributed by atoms with Crippen LogP contribution in [0.3, 0.4) is 0 Å². The van der Waals surface area contributed by atoms with E-state index in [2.05, 4.69) is 4.98 Å². The predicted molar refractivity (Wildman–Crippen MR) is 59.0 cm³/mol. The first-order valence-electron chi connectivity index (χ1n) is 5.21. The summed E-state index contributed by atoms with van der Waals surface area (Å²) in [6, 6.07) is 1.05. The Balaban J connectivity index is 2.47. The highest BCUT2D eigenvalue weighted by Crippen LogP contribution is 2.23. The van der Waals surface area contributed by atoms with E-state index in [1.54, 1.807) is 5.32 Å². The van der Waals surface area contributed by atoms with Crippen LogP contribution >= 0.6 is 0 Å². The van der Waals surface area contributed by atoms with Crippen LogP contribution in [-0.4, -0.2) is 15.9 Å². The first-order chi connectivity index (χ1) is 9.82. The number of nitrogens with zero attached hydrogens (tertiary/aromatic N) is 1. The van der Waals surface area contributed by atoms with Crippen molar-refractivity contribution in [1.82, 2.24) is 9.97 Å². The second-order valence-electron chi connectivity index (χ2n) is 3.69. The summed E-state index contributed by atoms with van der Waals surface area (Å²) < 4.78 is 65.5. The van der Waals surface area contributed by atoms with Crippen molar-refractivity contribution in [3.63, 3.8) is 0 Å². The molecule has 0 aliphatic carbocycles. The van der Waals surface area contributed by atoms with Crippen molar-refractivity contribution in [2.75, 3.05) is 5.32 Å². The maximum atomic E-state index is 13.4. The largest absolute Gasteiger partial charge is 0.346 e. The number of nitrogens with one attached hydrogen (secondary N) is 2. The number of carbonyl (C=O) groups is 1. The molecule has 0 bridgehead atoms. The maximum absolute atomic E-state index is 13.4. The molecule has 0 spiro atoms. The first kappa shape index (κ1) is 14.6. The van der Waals surface area contributed by atoms with Crippen LogP contribution in [0.2, 0.25) is 0 Å². The highest BCUT2D eigenvalue weighted by molar-refractivity contribution is 6.04. The van der Waals surface area contributed by atoms with Crippen LogP contribution in [-0.2, 0) is 0 Å². The molecule has 0 radical (unpaired) electrons. The number of hydrogen-bond acceptors (Lipinski definition) is 3. The number of aromatic amines is 1. The number of H-pyrrole nitrogens is 1. The zero-order valence-corrected chi connectivity index (χ0v) is 9.81. The molecular formula is C11H4F5N3O2. The molecule has 1 heterocycles. The molecule has 21 heavy (non-hydrogen) atoms. The van der Waals surface area contributed by atoms with Crippen molar-refractivity contribution in [2.45, 2.75) is 0 Å². The smallest absolute Gasteiger partial charge is 0.308 e. The van der Waals surface area contributed by atoms with E-state index in [4.69, 9.17) is 0 Å². The number of rotatable bonds is 2. The predicted octanol–water partition coefficient (Wildman–Crippen LogP) is 1.72. The first-order valence-corrected chi connectivity index (χ1v) is 5.21. The maximum Gasteiger partial charge on any atom is 0.346 e. The Kier molecular flexibility index (Phi) is 3.70. The van der Waals surface area contributed by atoms with Crippen LogP contribution in [0.15, 0.2) is 17.1 Å². The fourth-order valence-corrected chi connectivity index (χ4v) is 1.43. The quantitative estimate of drug-likeness (QED) is 0.504. The molecule has 0 saturated carbocycles. The van der Waals surface area contributed by atoms with Crippen LogP contribution < -0.4 is 11.0 Å². The van der Waals surface area contributed by atoms with Gasteiger partial charge in [-0.15, -0.1) is 0 Å². The van der Waals surface area contributed by atoms with Crippen molar-refractivity contribution in [3.05, 3.63) is 57.4 Å². The Hall–Kier alpha value is -2.78. The standard InChI is InChI=1S/C11H4F5N3O2/c12-5-4(6(13)8(15)9(16)7(5)14)10(20)18-3-1-2-17-11(21)19-3/h1-2H,(H2,17,18,19,20,21). The molecule has 0 aliphatic heterocycles. The van der Waals surface area contributed by atoms with Gasteiger partial charge in [-0.25, -0.2) is 31.7 Å². The SMILES string of the molecule is O=C(Nc1ccnc(=O)[nH]1)c1c(F)c(F)c(F)c(F)c1F. The molecule has 2 aromatic rings. The van der Waals surface area contributed by atoms with Crippen molar-refractivity contribution < 1.29 is 26.7 Å². The Labute approximate surface area is 112 Å². The lowest BCUT2D eigenvalue weighted by molar-refractivity contribution is 0.101. The van der Waals surface area contributed by atoms with Crippen molar-refractivity contribution in [1.29, 1.82) is 0 Å². The van der Waals surface area contributed by atoms with Gasteiger partial charge >= 0.3 is 5.69 Å². The number of aromatic nitrogens is 2. The van der Waals surface area contributed by atoms with Gasteiger partial charge in [-0.1, -0.05) is 0 Å². The fourth-order valence-electron chi connectivity index (χ4n) is 1.43. The van der Waals surface area contributed by atoms with Crippen LogP contribution in [0.5, 0.6) is 0 Å². The van der Waals surface area contributed by atoms with Gasteiger partial charge in [0.05, 0.1) is 0 Å². The van der Waals surface area contributed by atoms with E-state index in [0.717, 1.165) is 12.3 Å². The Bertz CT molecular complexity index is 761. The minimum atomic E-state index is -2.38. The highest BCUT2D eigenvalue weighted by atomic mass is 19.2. The molecule has 10 heteroatoms. The summed E-state index contributed by atoms with van der Waals surface area (Å²) in [4.78, 5) is 27.6. The molecule has 0 atom stereocenters. The van der Waals surface area contributed by atoms with E-state index >= 15 is 0 Å². The zero-order chi connectivity index (χ0) is 15.7. The third-order valence-corrected chi connectivity index (χ3v) is 2.36. The van der Waals surface area contributed by atoms with E-state index in [1.165, 1.54) is 0 Å². The van der Waals surface area contributed by atoms with Crippen LogP contribution in [0.4, 0.5) is 27.8 Å². The minimum absolute atomic E-state index is 0.330. The third kappa shape index (κ3) is 2.59. The van der Waals surface area contributed by atoms with Gasteiger partial charge in [0.25, 0.3) is 5.91 Å². The number of amides is 1. The normalized spacial score (nSPS) is 10.5. The summed E-state index contributed by atoms with van der Waals surface area (Å²) >= 11 is 0. The molecule has 5 nitrogen and oxygen atoms in total. The van der Waals surface area contributed by atoms with Gasteiger partial charge in [0.15, 0.2) is 23.3 Å². The third-order valence-electron chi connectivity index (χ3n) is 2.36. The molecule has 110 valence electrons. The molecule has 2 N–H and O–H groups in total. The molecule has 1 aromatic carbocycles. The van der Waals surface area contributed by atoms with Crippen molar-refractivity contribution >= 4 is 11.7 Å². The van der Waals surface area contributed by atoms with Gasteiger partial charge in [-0.3, -0.25) is 9.78 Å². The van der Waals surface area contributed by atoms with E-state index in [1.807, 2.05) is 4.98 Å². The second kappa shape index (κ2) is 5.31. The van der Waals surface area contributed by atoms with Gasteiger partial charge in [0.2, 0.25) is 5.82 Å². The van der Waals surface area contributed by atoms with E-state index in [0.29, 0.717) is 0 Å². The summed E-state index contributed by atoms with van der Waals surface area (Å²) in [5, 5.41) is 1.78. The molecule has 0 fully saturated rings. The van der Waals surface area contributed by atoms with E-state index in [-0.39, 0.29) is 5.82 Å². The number of anilines is 1. The Morgan fingerprint density at radius 3 is 2.05 bits per heavy atom. The van der Waals surface area contributed by atoms with Crippen molar-refractivity contribution in [2.24, 2.45) is 0 Å². The summed E-state index contributed by atoms with van der Waals surface area (Å²) in [6.45, 7) is 0. The molecule has 1 aromatic heterocycles. The summed E-state index contributed by atoms with van der Waals surface area (Å²) in [6.07, 6.45) is 0.965. The lowest BCUT2D eigenvalue weighted by Gasteiger charge is -2.08. The van der Waals surface area contributed by atoms with Gasteiger partial charge in [0.1, 0.15) is 11.4 Å². The van der Waals surface area contributed by atoms with Crippen LogP contribution in [0.1, 0.15) is 10.4 Å². The zero-order valence-electron chi connectivity index (χ0n) is 9.81. The Morgan fingerprint density at radius 1 is 1.00 bits per heavy atom. The van der Waals surface area contributed by atoms with E-state index < -0.39 is 46.2 Å². The second-order valence-corrected chi connectivity index (χ2v) is 3.69. The average Bonchev–Trinajstić information content (AvgIpc) is 2.43. The number of halogens is 5. The number of benzene rings is 1. The monoisotopic (exact) mass is 305 g/mol. The van der Waals surface area contributed by atoms with Gasteiger partial charge in [-0.2, -0.15) is 0 Å². The number of hydrogen-bond donors (Lipinski definition) is 2. The molecule has 0 aliphatic rings. The Morgan fingerprint density at radius 2 is 1.52 bits per heavy atom. The molecule has 2 rings (SSSR count). The number of carbonyl (C=O) groups excluding carboxylic acids is 1. The molecule has 0 saturated heterocycles. The topological polar surface area (TPSA) is 74.8 Å². The summed E-state index contributed by atoms with van der Waals surface area (Å²) in [7, 11) is 0.